The molecule has 0 bridgehead atoms. The van der Waals surface area contributed by atoms with Gasteiger partial charge in [-0.3, -0.25) is 4.40 Å². The Labute approximate surface area is 183 Å². The number of aryl methyl sites for hydroxylation is 2. The fraction of sp³-hybridized carbons (Fsp3) is 0.350. The number of benzene rings is 1. The maximum atomic E-state index is 12.9. The topological polar surface area (TPSA) is 103 Å². The van der Waals surface area contributed by atoms with Crippen LogP contribution in [-0.4, -0.2) is 58.4 Å². The number of morpholine rings is 1. The van der Waals surface area contributed by atoms with E-state index in [0.29, 0.717) is 54.2 Å². The van der Waals surface area contributed by atoms with Crippen molar-refractivity contribution in [2.24, 2.45) is 0 Å². The van der Waals surface area contributed by atoms with Gasteiger partial charge in [0.15, 0.2) is 5.58 Å². The monoisotopic (exact) mass is 459 g/mol. The van der Waals surface area contributed by atoms with Gasteiger partial charge in [0.2, 0.25) is 15.8 Å². The first-order valence-electron chi connectivity index (χ1n) is 9.84. The fourth-order valence-electron chi connectivity index (χ4n) is 3.57. The van der Waals surface area contributed by atoms with Crippen molar-refractivity contribution in [2.45, 2.75) is 29.7 Å². The number of fused-ring (bicyclic) bond motifs is 2. The molecule has 31 heavy (non-hydrogen) atoms. The molecule has 9 nitrogen and oxygen atoms in total. The molecule has 1 aromatic carbocycles. The van der Waals surface area contributed by atoms with Crippen molar-refractivity contribution in [2.75, 3.05) is 26.3 Å². The third kappa shape index (κ3) is 3.93. The van der Waals surface area contributed by atoms with Crippen LogP contribution in [0.2, 0.25) is 0 Å². The van der Waals surface area contributed by atoms with Crippen LogP contribution in [0.15, 0.2) is 45.0 Å². The summed E-state index contributed by atoms with van der Waals surface area (Å²) in [6, 6.07) is 6.79. The largest absolute Gasteiger partial charge is 0.431 e. The Kier molecular flexibility index (Phi) is 5.21. The highest BCUT2D eigenvalue weighted by Gasteiger charge is 2.27. The van der Waals surface area contributed by atoms with Crippen LogP contribution in [0.25, 0.3) is 16.9 Å². The highest BCUT2D eigenvalue weighted by Crippen LogP contribution is 2.28. The number of hydrogen-bond donors (Lipinski definition) is 0. The molecule has 1 fully saturated rings. The molecule has 0 radical (unpaired) electrons. The Balaban J connectivity index is 1.36. The summed E-state index contributed by atoms with van der Waals surface area (Å²) in [5.74, 6) is 1.23. The lowest BCUT2D eigenvalue weighted by molar-refractivity contribution is 0.0730. The Hall–Kier alpha value is -2.47. The quantitative estimate of drug-likeness (QED) is 0.420. The maximum absolute atomic E-state index is 12.9. The summed E-state index contributed by atoms with van der Waals surface area (Å²) in [4.78, 5) is 13.7. The molecule has 0 unspecified atom stereocenters. The molecule has 0 amide bonds. The van der Waals surface area contributed by atoms with Crippen molar-refractivity contribution in [3.8, 4) is 0 Å². The van der Waals surface area contributed by atoms with Gasteiger partial charge in [-0.25, -0.2) is 23.4 Å². The molecule has 4 aromatic rings. The second kappa shape index (κ2) is 7.90. The highest BCUT2D eigenvalue weighted by molar-refractivity contribution is 7.98. The standard InChI is InChI=1S/C20H21N5O4S2/c1-13-9-14(2)25-11-15(22-19(25)21-13)12-30-20-23-17-10-16(3-4-18(17)29-20)31(26,27)24-5-7-28-8-6-24/h3-4,9-11H,5-8,12H2,1-2H3. The molecule has 1 aliphatic heterocycles. The third-order valence-corrected chi connectivity index (χ3v) is 7.86. The molecule has 11 heteroatoms. The molecule has 5 rings (SSSR count). The van der Waals surface area contributed by atoms with Crippen LogP contribution in [0.1, 0.15) is 17.1 Å². The van der Waals surface area contributed by atoms with E-state index in [0.717, 1.165) is 17.1 Å². The third-order valence-electron chi connectivity index (χ3n) is 5.10. The minimum atomic E-state index is -3.58. The fourth-order valence-corrected chi connectivity index (χ4v) is 5.72. The van der Waals surface area contributed by atoms with E-state index in [9.17, 15) is 8.42 Å². The summed E-state index contributed by atoms with van der Waals surface area (Å²) in [5, 5.41) is 0.467. The number of rotatable bonds is 5. The maximum Gasteiger partial charge on any atom is 0.257 e. The number of imidazole rings is 1. The van der Waals surface area contributed by atoms with E-state index in [4.69, 9.17) is 9.15 Å². The van der Waals surface area contributed by atoms with Crippen LogP contribution >= 0.6 is 11.8 Å². The van der Waals surface area contributed by atoms with Crippen molar-refractivity contribution in [3.05, 3.63) is 47.5 Å². The predicted octanol–water partition coefficient (Wildman–Crippen LogP) is 2.80. The normalized spacial score (nSPS) is 15.8. The van der Waals surface area contributed by atoms with E-state index >= 15 is 0 Å². The molecular formula is C20H21N5O4S2. The van der Waals surface area contributed by atoms with Crippen molar-refractivity contribution in [1.82, 2.24) is 23.7 Å². The summed E-state index contributed by atoms with van der Waals surface area (Å²) in [7, 11) is -3.58. The Morgan fingerprint density at radius 3 is 2.71 bits per heavy atom. The lowest BCUT2D eigenvalue weighted by Crippen LogP contribution is -2.40. The van der Waals surface area contributed by atoms with Crippen molar-refractivity contribution in [3.63, 3.8) is 0 Å². The molecule has 0 N–H and O–H groups in total. The summed E-state index contributed by atoms with van der Waals surface area (Å²) in [6.07, 6.45) is 1.96. The summed E-state index contributed by atoms with van der Waals surface area (Å²) in [6.45, 7) is 5.49. The van der Waals surface area contributed by atoms with Crippen molar-refractivity contribution < 1.29 is 17.6 Å². The lowest BCUT2D eigenvalue weighted by Gasteiger charge is -2.25. The number of nitrogens with zero attached hydrogens (tertiary/aromatic N) is 5. The van der Waals surface area contributed by atoms with Crippen LogP contribution in [0.3, 0.4) is 0 Å². The van der Waals surface area contributed by atoms with Crippen LogP contribution in [-0.2, 0) is 20.5 Å². The molecule has 4 heterocycles. The second-order valence-corrected chi connectivity index (χ2v) is 10.2. The zero-order chi connectivity index (χ0) is 21.6. The molecule has 1 saturated heterocycles. The Bertz CT molecular complexity index is 1370. The number of hydrogen-bond acceptors (Lipinski definition) is 8. The average Bonchev–Trinajstić information content (AvgIpc) is 3.35. The molecule has 0 aliphatic carbocycles. The number of sulfonamides is 1. The summed E-state index contributed by atoms with van der Waals surface area (Å²) in [5.41, 5.74) is 3.93. The Morgan fingerprint density at radius 1 is 1.10 bits per heavy atom. The molecular weight excluding hydrogens is 438 g/mol. The SMILES string of the molecule is Cc1cc(C)n2cc(CSc3nc4cc(S(=O)(=O)N5CCOCC5)ccc4o3)nc2n1. The van der Waals surface area contributed by atoms with Crippen LogP contribution in [0.4, 0.5) is 0 Å². The molecule has 1 aliphatic rings. The van der Waals surface area contributed by atoms with Gasteiger partial charge in [0.05, 0.1) is 23.8 Å². The van der Waals surface area contributed by atoms with Gasteiger partial charge in [-0.05, 0) is 38.1 Å². The lowest BCUT2D eigenvalue weighted by atomic mass is 10.3. The number of thioether (sulfide) groups is 1. The van der Waals surface area contributed by atoms with Gasteiger partial charge in [-0.1, -0.05) is 11.8 Å². The second-order valence-electron chi connectivity index (χ2n) is 7.36. The Morgan fingerprint density at radius 2 is 1.90 bits per heavy atom. The van der Waals surface area contributed by atoms with Crippen LogP contribution in [0.5, 0.6) is 0 Å². The minimum Gasteiger partial charge on any atom is -0.431 e. The van der Waals surface area contributed by atoms with Crippen LogP contribution < -0.4 is 0 Å². The van der Waals surface area contributed by atoms with Gasteiger partial charge in [0.25, 0.3) is 5.22 Å². The molecule has 0 spiro atoms. The van der Waals surface area contributed by atoms with E-state index in [2.05, 4.69) is 15.0 Å². The van der Waals surface area contributed by atoms with E-state index in [1.807, 2.05) is 30.5 Å². The van der Waals surface area contributed by atoms with E-state index in [-0.39, 0.29) is 4.90 Å². The van der Waals surface area contributed by atoms with Crippen LogP contribution in [0, 0.1) is 13.8 Å². The van der Waals surface area contributed by atoms with Crippen molar-refractivity contribution >= 4 is 38.7 Å². The first-order chi connectivity index (χ1) is 14.9. The van der Waals surface area contributed by atoms with Gasteiger partial charge >= 0.3 is 0 Å². The zero-order valence-corrected chi connectivity index (χ0v) is 18.7. The predicted molar refractivity (Wildman–Crippen MR) is 116 cm³/mol. The van der Waals surface area contributed by atoms with E-state index in [1.54, 1.807) is 18.2 Å². The van der Waals surface area contributed by atoms with Gasteiger partial charge in [0.1, 0.15) is 5.52 Å². The zero-order valence-electron chi connectivity index (χ0n) is 17.1. The first kappa shape index (κ1) is 20.4. The molecule has 0 saturated carbocycles. The van der Waals surface area contributed by atoms with E-state index in [1.165, 1.54) is 16.1 Å². The van der Waals surface area contributed by atoms with Gasteiger partial charge in [0, 0.05) is 36.4 Å². The molecule has 3 aromatic heterocycles. The summed E-state index contributed by atoms with van der Waals surface area (Å²) < 4.78 is 40.2. The summed E-state index contributed by atoms with van der Waals surface area (Å²) >= 11 is 1.41. The molecule has 0 atom stereocenters. The average molecular weight is 460 g/mol. The van der Waals surface area contributed by atoms with E-state index < -0.39 is 10.0 Å². The van der Waals surface area contributed by atoms with Gasteiger partial charge < -0.3 is 9.15 Å². The van der Waals surface area contributed by atoms with Gasteiger partial charge in [-0.15, -0.1) is 0 Å². The number of aromatic nitrogens is 4. The number of oxazole rings is 1. The highest BCUT2D eigenvalue weighted by atomic mass is 32.2. The molecule has 162 valence electrons. The first-order valence-corrected chi connectivity index (χ1v) is 12.3. The van der Waals surface area contributed by atoms with Gasteiger partial charge in [-0.2, -0.15) is 4.31 Å². The van der Waals surface area contributed by atoms with Crippen molar-refractivity contribution in [1.29, 1.82) is 0 Å². The minimum absolute atomic E-state index is 0.212. The number of ether oxygens (including phenoxy) is 1. The smallest absolute Gasteiger partial charge is 0.257 e.